The summed E-state index contributed by atoms with van der Waals surface area (Å²) in [7, 11) is 0. The molecule has 28 heavy (non-hydrogen) atoms. The maximum atomic E-state index is 13.5. The molecular weight excluding hydrogens is 344 g/mol. The second-order valence-electron chi connectivity index (χ2n) is 7.51. The zero-order valence-electron chi connectivity index (χ0n) is 16.1. The van der Waals surface area contributed by atoms with E-state index in [9.17, 15) is 4.79 Å². The van der Waals surface area contributed by atoms with Gasteiger partial charge in [-0.25, -0.2) is 0 Å². The van der Waals surface area contributed by atoms with Crippen molar-refractivity contribution >= 4 is 28.1 Å². The minimum atomic E-state index is 0.0478. The van der Waals surface area contributed by atoms with E-state index in [0.717, 1.165) is 55.8 Å². The summed E-state index contributed by atoms with van der Waals surface area (Å²) in [6, 6.07) is 20.2. The van der Waals surface area contributed by atoms with Crippen LogP contribution in [-0.2, 0) is 0 Å². The van der Waals surface area contributed by atoms with Crippen molar-refractivity contribution in [2.45, 2.75) is 20.8 Å². The van der Waals surface area contributed by atoms with Crippen LogP contribution in [0.2, 0.25) is 0 Å². The van der Waals surface area contributed by atoms with Crippen LogP contribution in [0.15, 0.2) is 60.7 Å². The number of carbonyl (C=O) groups is 1. The molecule has 3 nitrogen and oxygen atoms in total. The summed E-state index contributed by atoms with van der Waals surface area (Å²) < 4.78 is 0. The van der Waals surface area contributed by atoms with Gasteiger partial charge < -0.3 is 5.32 Å². The SMILES string of the molecule is Cc1ccc(Nc2cccc3c2C(=O)c2cccc4nc(C)cc-3c24)c(C)c1. The third-order valence-corrected chi connectivity index (χ3v) is 5.44. The first kappa shape index (κ1) is 16.7. The minimum Gasteiger partial charge on any atom is -0.355 e. The van der Waals surface area contributed by atoms with Gasteiger partial charge in [-0.1, -0.05) is 42.0 Å². The van der Waals surface area contributed by atoms with E-state index in [1.165, 1.54) is 5.56 Å². The number of aromatic nitrogens is 1. The number of pyridine rings is 1. The van der Waals surface area contributed by atoms with Gasteiger partial charge in [0.25, 0.3) is 0 Å². The molecule has 0 fully saturated rings. The van der Waals surface area contributed by atoms with Crippen LogP contribution in [-0.4, -0.2) is 10.8 Å². The third-order valence-electron chi connectivity index (χ3n) is 5.44. The first-order valence-corrected chi connectivity index (χ1v) is 9.45. The summed E-state index contributed by atoms with van der Waals surface area (Å²) >= 11 is 0. The molecule has 0 unspecified atom stereocenters. The average Bonchev–Trinajstić information content (AvgIpc) is 2.67. The van der Waals surface area contributed by atoms with Gasteiger partial charge in [0.1, 0.15) is 0 Å². The van der Waals surface area contributed by atoms with Crippen molar-refractivity contribution in [1.82, 2.24) is 4.98 Å². The number of nitrogens with zero attached hydrogens (tertiary/aromatic N) is 1. The molecule has 0 aliphatic heterocycles. The Bertz CT molecular complexity index is 1290. The molecule has 0 bridgehead atoms. The van der Waals surface area contributed by atoms with Crippen LogP contribution < -0.4 is 5.32 Å². The Kier molecular flexibility index (Phi) is 3.59. The van der Waals surface area contributed by atoms with Gasteiger partial charge in [-0.15, -0.1) is 0 Å². The standard InChI is InChI=1S/C25H20N2O/c1-14-10-11-20(15(2)12-14)27-22-9-4-6-17-19-13-16(3)26-21-8-5-7-18(23(19)21)25(28)24(17)22/h4-13,27H,1-3H3. The summed E-state index contributed by atoms with van der Waals surface area (Å²) in [5.41, 5.74) is 9.56. The van der Waals surface area contributed by atoms with Gasteiger partial charge in [-0.3, -0.25) is 9.78 Å². The van der Waals surface area contributed by atoms with E-state index in [2.05, 4.69) is 48.4 Å². The molecule has 0 radical (unpaired) electrons. The molecule has 5 rings (SSSR count). The molecule has 0 amide bonds. The monoisotopic (exact) mass is 364 g/mol. The van der Waals surface area contributed by atoms with Crippen LogP contribution in [0, 0.1) is 20.8 Å². The number of hydrogen-bond donors (Lipinski definition) is 1. The molecule has 0 saturated heterocycles. The Morgan fingerprint density at radius 2 is 1.57 bits per heavy atom. The summed E-state index contributed by atoms with van der Waals surface area (Å²) in [5.74, 6) is 0.0478. The van der Waals surface area contributed by atoms with E-state index in [1.807, 2.05) is 43.3 Å². The highest BCUT2D eigenvalue weighted by Crippen LogP contribution is 2.42. The second-order valence-corrected chi connectivity index (χ2v) is 7.51. The fraction of sp³-hybridized carbons (Fsp3) is 0.120. The number of aryl methyl sites for hydroxylation is 3. The molecule has 136 valence electrons. The van der Waals surface area contributed by atoms with Gasteiger partial charge in [0.05, 0.1) is 16.8 Å². The predicted octanol–water partition coefficient (Wildman–Crippen LogP) is 6.12. The van der Waals surface area contributed by atoms with Crippen LogP contribution in [0.4, 0.5) is 11.4 Å². The molecule has 4 aromatic rings. The molecule has 3 heteroatoms. The molecule has 1 aliphatic rings. The van der Waals surface area contributed by atoms with Crippen molar-refractivity contribution in [2.24, 2.45) is 0 Å². The lowest BCUT2D eigenvalue weighted by molar-refractivity contribution is 0.104. The summed E-state index contributed by atoms with van der Waals surface area (Å²) in [6.07, 6.45) is 0. The quantitative estimate of drug-likeness (QED) is 0.410. The van der Waals surface area contributed by atoms with Crippen LogP contribution in [0.5, 0.6) is 0 Å². The third kappa shape index (κ3) is 2.43. The van der Waals surface area contributed by atoms with Crippen molar-refractivity contribution in [2.75, 3.05) is 5.32 Å². The maximum absolute atomic E-state index is 13.5. The number of ketones is 1. The van der Waals surface area contributed by atoms with Gasteiger partial charge in [-0.2, -0.15) is 0 Å². The van der Waals surface area contributed by atoms with E-state index in [0.29, 0.717) is 0 Å². The second kappa shape index (κ2) is 6.03. The van der Waals surface area contributed by atoms with Gasteiger partial charge in [0.2, 0.25) is 0 Å². The van der Waals surface area contributed by atoms with Gasteiger partial charge in [0, 0.05) is 22.3 Å². The Morgan fingerprint density at radius 3 is 2.39 bits per heavy atom. The maximum Gasteiger partial charge on any atom is 0.196 e. The van der Waals surface area contributed by atoms with Crippen LogP contribution in [0.3, 0.4) is 0 Å². The fourth-order valence-corrected chi connectivity index (χ4v) is 4.18. The lowest BCUT2D eigenvalue weighted by Crippen LogP contribution is -2.13. The highest BCUT2D eigenvalue weighted by molar-refractivity contribution is 6.27. The van der Waals surface area contributed by atoms with Crippen molar-refractivity contribution in [1.29, 1.82) is 0 Å². The minimum absolute atomic E-state index is 0.0478. The highest BCUT2D eigenvalue weighted by atomic mass is 16.1. The van der Waals surface area contributed by atoms with Crippen molar-refractivity contribution < 1.29 is 4.79 Å². The molecule has 0 atom stereocenters. The van der Waals surface area contributed by atoms with E-state index in [4.69, 9.17) is 0 Å². The van der Waals surface area contributed by atoms with E-state index in [1.54, 1.807) is 0 Å². The van der Waals surface area contributed by atoms with Crippen molar-refractivity contribution in [3.05, 3.63) is 88.6 Å². The number of nitrogens with one attached hydrogen (secondary N) is 1. The average molecular weight is 364 g/mol. The first-order valence-electron chi connectivity index (χ1n) is 9.45. The van der Waals surface area contributed by atoms with Crippen molar-refractivity contribution in [3.63, 3.8) is 0 Å². The largest absolute Gasteiger partial charge is 0.355 e. The molecule has 1 aliphatic carbocycles. The first-order chi connectivity index (χ1) is 13.5. The smallest absolute Gasteiger partial charge is 0.196 e. The zero-order chi connectivity index (χ0) is 19.4. The lowest BCUT2D eigenvalue weighted by atomic mass is 9.83. The van der Waals surface area contributed by atoms with Crippen LogP contribution in [0.25, 0.3) is 22.0 Å². The normalized spacial score (nSPS) is 12.2. The Morgan fingerprint density at radius 1 is 0.786 bits per heavy atom. The van der Waals surface area contributed by atoms with E-state index >= 15 is 0 Å². The van der Waals surface area contributed by atoms with Crippen molar-refractivity contribution in [3.8, 4) is 11.1 Å². The Hall–Kier alpha value is -3.46. The number of rotatable bonds is 2. The number of fused-ring (bicyclic) bond motifs is 2. The highest BCUT2D eigenvalue weighted by Gasteiger charge is 2.28. The molecule has 0 saturated carbocycles. The van der Waals surface area contributed by atoms with Gasteiger partial charge in [0.15, 0.2) is 5.78 Å². The predicted molar refractivity (Wildman–Crippen MR) is 115 cm³/mol. The van der Waals surface area contributed by atoms with Crippen LogP contribution in [0.1, 0.15) is 32.7 Å². The lowest BCUT2D eigenvalue weighted by Gasteiger charge is -2.23. The molecule has 1 heterocycles. The summed E-state index contributed by atoms with van der Waals surface area (Å²) in [5, 5.41) is 4.45. The number of benzene rings is 3. The molecular formula is C25H20N2O. The van der Waals surface area contributed by atoms with E-state index < -0.39 is 0 Å². The Labute approximate surface area is 164 Å². The fourth-order valence-electron chi connectivity index (χ4n) is 4.18. The zero-order valence-corrected chi connectivity index (χ0v) is 16.1. The molecule has 1 N–H and O–H groups in total. The molecule has 0 spiro atoms. The number of anilines is 2. The molecule has 3 aromatic carbocycles. The Balaban J connectivity index is 1.75. The molecule has 1 aromatic heterocycles. The van der Waals surface area contributed by atoms with E-state index in [-0.39, 0.29) is 5.78 Å². The summed E-state index contributed by atoms with van der Waals surface area (Å²) in [6.45, 7) is 6.16. The van der Waals surface area contributed by atoms with Crippen LogP contribution >= 0.6 is 0 Å². The topological polar surface area (TPSA) is 42.0 Å². The summed E-state index contributed by atoms with van der Waals surface area (Å²) in [4.78, 5) is 18.1. The van der Waals surface area contributed by atoms with Gasteiger partial charge >= 0.3 is 0 Å². The van der Waals surface area contributed by atoms with Gasteiger partial charge in [-0.05, 0) is 61.7 Å². The number of hydrogen-bond acceptors (Lipinski definition) is 3. The number of carbonyl (C=O) groups excluding carboxylic acids is 1.